The van der Waals surface area contributed by atoms with Crippen LogP contribution in [0.25, 0.3) is 0 Å². The molecule has 0 spiro atoms. The number of piperidine rings is 1. The summed E-state index contributed by atoms with van der Waals surface area (Å²) in [5, 5.41) is 2.86. The molecule has 1 saturated heterocycles. The molecule has 0 saturated carbocycles. The zero-order valence-corrected chi connectivity index (χ0v) is 14.8. The summed E-state index contributed by atoms with van der Waals surface area (Å²) in [6, 6.07) is 17.6. The molecule has 25 heavy (non-hydrogen) atoms. The van der Waals surface area contributed by atoms with Gasteiger partial charge in [-0.05, 0) is 43.0 Å². The van der Waals surface area contributed by atoms with Crippen LogP contribution in [0.1, 0.15) is 12.8 Å². The van der Waals surface area contributed by atoms with Gasteiger partial charge in [-0.25, -0.2) is 13.2 Å². The highest BCUT2D eigenvalue weighted by Gasteiger charge is 2.28. The van der Waals surface area contributed by atoms with Crippen LogP contribution in [0.4, 0.5) is 10.5 Å². The third-order valence-corrected chi connectivity index (χ3v) is 6.29. The number of likely N-dealkylation sites (tertiary alicyclic amines) is 1. The van der Waals surface area contributed by atoms with Crippen LogP contribution in [0, 0.1) is 5.92 Å². The van der Waals surface area contributed by atoms with Gasteiger partial charge < -0.3 is 10.2 Å². The van der Waals surface area contributed by atoms with Crippen molar-refractivity contribution < 1.29 is 13.2 Å². The Hall–Kier alpha value is -2.34. The maximum Gasteiger partial charge on any atom is 0.321 e. The number of sulfone groups is 1. The molecule has 1 aliphatic heterocycles. The molecule has 1 aliphatic rings. The van der Waals surface area contributed by atoms with Crippen molar-refractivity contribution in [2.24, 2.45) is 5.92 Å². The number of amides is 2. The molecule has 1 N–H and O–H groups in total. The van der Waals surface area contributed by atoms with Crippen LogP contribution >= 0.6 is 0 Å². The first-order chi connectivity index (χ1) is 12.0. The van der Waals surface area contributed by atoms with Crippen molar-refractivity contribution in [3.05, 3.63) is 60.7 Å². The maximum absolute atomic E-state index is 12.5. The second kappa shape index (κ2) is 7.70. The van der Waals surface area contributed by atoms with E-state index < -0.39 is 9.84 Å². The smallest absolute Gasteiger partial charge is 0.321 e. The number of hydrogen-bond acceptors (Lipinski definition) is 3. The van der Waals surface area contributed by atoms with E-state index in [1.54, 1.807) is 35.2 Å². The lowest BCUT2D eigenvalue weighted by molar-refractivity contribution is 0.183. The van der Waals surface area contributed by atoms with E-state index >= 15 is 0 Å². The van der Waals surface area contributed by atoms with Gasteiger partial charge in [0.1, 0.15) is 0 Å². The van der Waals surface area contributed by atoms with E-state index in [1.807, 2.05) is 30.3 Å². The molecule has 1 heterocycles. The van der Waals surface area contributed by atoms with Crippen molar-refractivity contribution >= 4 is 21.6 Å². The van der Waals surface area contributed by atoms with Gasteiger partial charge in [-0.2, -0.15) is 0 Å². The van der Waals surface area contributed by atoms with E-state index in [1.165, 1.54) is 0 Å². The van der Waals surface area contributed by atoms with E-state index in [0.29, 0.717) is 18.0 Å². The number of carbonyl (C=O) groups is 1. The number of benzene rings is 2. The first kappa shape index (κ1) is 17.5. The summed E-state index contributed by atoms with van der Waals surface area (Å²) in [7, 11) is -3.33. The second-order valence-electron chi connectivity index (χ2n) is 6.34. The molecule has 5 nitrogen and oxygen atoms in total. The Kier molecular flexibility index (Phi) is 5.38. The molecule has 1 unspecified atom stereocenters. The van der Waals surface area contributed by atoms with E-state index in [-0.39, 0.29) is 17.7 Å². The van der Waals surface area contributed by atoms with Gasteiger partial charge in [0.05, 0.1) is 10.6 Å². The highest BCUT2D eigenvalue weighted by atomic mass is 32.2. The molecule has 0 bridgehead atoms. The zero-order valence-electron chi connectivity index (χ0n) is 14.0. The van der Waals surface area contributed by atoms with Crippen molar-refractivity contribution in [2.45, 2.75) is 17.7 Å². The van der Waals surface area contributed by atoms with Gasteiger partial charge in [0.2, 0.25) is 0 Å². The molecule has 0 aromatic heterocycles. The zero-order chi connectivity index (χ0) is 17.7. The van der Waals surface area contributed by atoms with Gasteiger partial charge in [-0.1, -0.05) is 36.4 Å². The molecular formula is C19H22N2O3S. The summed E-state index contributed by atoms with van der Waals surface area (Å²) in [4.78, 5) is 14.5. The maximum atomic E-state index is 12.5. The number of nitrogens with one attached hydrogen (secondary N) is 1. The number of para-hydroxylation sites is 1. The standard InChI is InChI=1S/C19H22N2O3S/c22-19(20-17-9-3-1-4-10-17)21-13-7-8-16(14-21)15-25(23,24)18-11-5-2-6-12-18/h1-6,9-12,16H,7-8,13-15H2,(H,20,22). The largest absolute Gasteiger partial charge is 0.324 e. The minimum Gasteiger partial charge on any atom is -0.324 e. The third-order valence-electron chi connectivity index (χ3n) is 4.39. The Morgan fingerprint density at radius 3 is 2.36 bits per heavy atom. The van der Waals surface area contributed by atoms with Crippen LogP contribution < -0.4 is 5.32 Å². The first-order valence-electron chi connectivity index (χ1n) is 8.43. The molecule has 1 atom stereocenters. The lowest BCUT2D eigenvalue weighted by Crippen LogP contribution is -2.43. The minimum atomic E-state index is -3.33. The Balaban J connectivity index is 1.62. The van der Waals surface area contributed by atoms with E-state index in [0.717, 1.165) is 18.5 Å². The molecule has 132 valence electrons. The second-order valence-corrected chi connectivity index (χ2v) is 8.38. The normalized spacial score (nSPS) is 17.9. The van der Waals surface area contributed by atoms with Crippen LogP contribution in [0.5, 0.6) is 0 Å². The molecule has 2 aromatic carbocycles. The quantitative estimate of drug-likeness (QED) is 0.911. The van der Waals surface area contributed by atoms with Gasteiger partial charge >= 0.3 is 6.03 Å². The van der Waals surface area contributed by atoms with Crippen LogP contribution in [0.3, 0.4) is 0 Å². The summed E-state index contributed by atoms with van der Waals surface area (Å²) in [6.45, 7) is 1.12. The van der Waals surface area contributed by atoms with Gasteiger partial charge in [0.25, 0.3) is 0 Å². The van der Waals surface area contributed by atoms with Crippen LogP contribution in [-0.2, 0) is 9.84 Å². The molecular weight excluding hydrogens is 336 g/mol. The predicted molar refractivity (Wildman–Crippen MR) is 98.3 cm³/mol. The number of hydrogen-bond donors (Lipinski definition) is 1. The van der Waals surface area contributed by atoms with Gasteiger partial charge in [0, 0.05) is 18.8 Å². The molecule has 6 heteroatoms. The van der Waals surface area contributed by atoms with Crippen molar-refractivity contribution in [3.8, 4) is 0 Å². The highest BCUT2D eigenvalue weighted by Crippen LogP contribution is 2.22. The van der Waals surface area contributed by atoms with E-state index in [4.69, 9.17) is 0 Å². The number of rotatable bonds is 4. The Labute approximate surface area is 148 Å². The van der Waals surface area contributed by atoms with Crippen molar-refractivity contribution in [2.75, 3.05) is 24.2 Å². The van der Waals surface area contributed by atoms with Crippen molar-refractivity contribution in [1.82, 2.24) is 4.90 Å². The van der Waals surface area contributed by atoms with Crippen LogP contribution in [-0.4, -0.2) is 38.2 Å². The van der Waals surface area contributed by atoms with E-state index in [9.17, 15) is 13.2 Å². The fourth-order valence-corrected chi connectivity index (χ4v) is 4.80. The number of anilines is 1. The molecule has 1 fully saturated rings. The highest BCUT2D eigenvalue weighted by molar-refractivity contribution is 7.91. The van der Waals surface area contributed by atoms with Gasteiger partial charge in [-0.15, -0.1) is 0 Å². The molecule has 0 radical (unpaired) electrons. The summed E-state index contributed by atoms with van der Waals surface area (Å²) in [5.41, 5.74) is 0.742. The SMILES string of the molecule is O=C(Nc1ccccc1)N1CCCC(CS(=O)(=O)c2ccccc2)C1. The minimum absolute atomic E-state index is 0.0412. The fraction of sp³-hybridized carbons (Fsp3) is 0.316. The average molecular weight is 358 g/mol. The van der Waals surface area contributed by atoms with Crippen molar-refractivity contribution in [1.29, 1.82) is 0 Å². The van der Waals surface area contributed by atoms with Crippen LogP contribution in [0.2, 0.25) is 0 Å². The first-order valence-corrected chi connectivity index (χ1v) is 10.1. The number of nitrogens with zero attached hydrogens (tertiary/aromatic N) is 1. The Bertz CT molecular complexity index is 807. The molecule has 0 aliphatic carbocycles. The van der Waals surface area contributed by atoms with Crippen LogP contribution in [0.15, 0.2) is 65.6 Å². The topological polar surface area (TPSA) is 66.5 Å². The summed E-state index contributed by atoms with van der Waals surface area (Å²) in [6.07, 6.45) is 1.64. The molecule has 2 aromatic rings. The summed E-state index contributed by atoms with van der Waals surface area (Å²) < 4.78 is 25.1. The van der Waals surface area contributed by atoms with E-state index in [2.05, 4.69) is 5.32 Å². The average Bonchev–Trinajstić information content (AvgIpc) is 2.63. The van der Waals surface area contributed by atoms with Gasteiger partial charge in [-0.3, -0.25) is 0 Å². The fourth-order valence-electron chi connectivity index (χ4n) is 3.14. The molecule has 3 rings (SSSR count). The molecule has 2 amide bonds. The third kappa shape index (κ3) is 4.60. The van der Waals surface area contributed by atoms with Gasteiger partial charge in [0.15, 0.2) is 9.84 Å². The lowest BCUT2D eigenvalue weighted by Gasteiger charge is -2.32. The Morgan fingerprint density at radius 2 is 1.68 bits per heavy atom. The number of carbonyl (C=O) groups excluding carboxylic acids is 1. The van der Waals surface area contributed by atoms with Crippen molar-refractivity contribution in [3.63, 3.8) is 0 Å². The predicted octanol–water partition coefficient (Wildman–Crippen LogP) is 3.40. The lowest BCUT2D eigenvalue weighted by atomic mass is 10.0. The summed E-state index contributed by atoms with van der Waals surface area (Å²) in [5.74, 6) is 0.0343. The monoisotopic (exact) mass is 358 g/mol. The summed E-state index contributed by atoms with van der Waals surface area (Å²) >= 11 is 0. The Morgan fingerprint density at radius 1 is 1.04 bits per heavy atom. The number of urea groups is 1.